The minimum absolute atomic E-state index is 0.144. The molecule has 0 unspecified atom stereocenters. The molecule has 3 aromatic rings. The van der Waals surface area contributed by atoms with Gasteiger partial charge in [0, 0.05) is 10.2 Å². The molecule has 6 heteroatoms. The van der Waals surface area contributed by atoms with Gasteiger partial charge in [0.05, 0.1) is 5.56 Å². The Labute approximate surface area is 128 Å². The number of aromatic nitrogens is 3. The van der Waals surface area contributed by atoms with Crippen LogP contribution in [0.4, 0.5) is 0 Å². The number of nitrogens with one attached hydrogen (secondary N) is 1. The zero-order chi connectivity index (χ0) is 14.1. The van der Waals surface area contributed by atoms with Gasteiger partial charge in [0.1, 0.15) is 5.75 Å². The van der Waals surface area contributed by atoms with Crippen LogP contribution < -0.4 is 0 Å². The van der Waals surface area contributed by atoms with E-state index in [0.717, 1.165) is 10.2 Å². The predicted octanol–water partition coefficient (Wildman–Crippen LogP) is 4.06. The lowest BCUT2D eigenvalue weighted by Gasteiger charge is -2.08. The first kappa shape index (κ1) is 13.1. The summed E-state index contributed by atoms with van der Waals surface area (Å²) in [5.74, 6) is 0.719. The van der Waals surface area contributed by atoms with Crippen LogP contribution in [0.2, 0.25) is 0 Å². The number of rotatable bonds is 2. The van der Waals surface area contributed by atoms with E-state index in [2.05, 4.69) is 26.1 Å². The Kier molecular flexibility index (Phi) is 3.42. The summed E-state index contributed by atoms with van der Waals surface area (Å²) in [5, 5.41) is 17.1. The van der Waals surface area contributed by atoms with Crippen LogP contribution in [0, 0.1) is 4.77 Å². The van der Waals surface area contributed by atoms with Crippen molar-refractivity contribution >= 4 is 28.1 Å². The highest BCUT2D eigenvalue weighted by Crippen LogP contribution is 2.31. The summed E-state index contributed by atoms with van der Waals surface area (Å²) in [6.07, 6.45) is 0. The first-order valence-corrected chi connectivity index (χ1v) is 7.08. The number of phenolic OH excluding ortho intramolecular Hbond substituents is 1. The average Bonchev–Trinajstić information content (AvgIpc) is 2.81. The summed E-state index contributed by atoms with van der Waals surface area (Å²) in [6, 6.07) is 14.9. The van der Waals surface area contributed by atoms with Crippen LogP contribution in [0.1, 0.15) is 0 Å². The third-order valence-corrected chi connectivity index (χ3v) is 3.65. The molecular formula is C14H10BrN3OS. The number of aromatic hydroxyl groups is 1. The fourth-order valence-electron chi connectivity index (χ4n) is 1.99. The minimum Gasteiger partial charge on any atom is -0.507 e. The molecule has 0 radical (unpaired) electrons. The topological polar surface area (TPSA) is 53.8 Å². The SMILES string of the molecule is Oc1cc(Br)ccc1-c1n[nH]c(=S)n1-c1ccccc1. The molecule has 2 aromatic carbocycles. The predicted molar refractivity (Wildman–Crippen MR) is 83.5 cm³/mol. The molecule has 4 nitrogen and oxygen atoms in total. The van der Waals surface area contributed by atoms with E-state index in [1.165, 1.54) is 0 Å². The molecule has 1 aromatic heterocycles. The molecule has 0 atom stereocenters. The molecule has 0 aliphatic heterocycles. The Hall–Kier alpha value is -1.92. The maximum Gasteiger partial charge on any atom is 0.200 e. The van der Waals surface area contributed by atoms with Gasteiger partial charge in [-0.1, -0.05) is 34.1 Å². The van der Waals surface area contributed by atoms with Gasteiger partial charge >= 0.3 is 0 Å². The van der Waals surface area contributed by atoms with Crippen LogP contribution in [-0.4, -0.2) is 19.9 Å². The Morgan fingerprint density at radius 1 is 1.15 bits per heavy atom. The molecule has 1 heterocycles. The minimum atomic E-state index is 0.144. The highest BCUT2D eigenvalue weighted by molar-refractivity contribution is 9.10. The van der Waals surface area contributed by atoms with Crippen molar-refractivity contribution in [1.82, 2.24) is 14.8 Å². The number of hydrogen-bond donors (Lipinski definition) is 2. The van der Waals surface area contributed by atoms with Crippen molar-refractivity contribution in [3.8, 4) is 22.8 Å². The fourth-order valence-corrected chi connectivity index (χ4v) is 2.57. The van der Waals surface area contributed by atoms with Gasteiger partial charge in [0.25, 0.3) is 0 Å². The Morgan fingerprint density at radius 3 is 2.60 bits per heavy atom. The lowest BCUT2D eigenvalue weighted by molar-refractivity contribution is 0.476. The molecule has 0 saturated heterocycles. The summed E-state index contributed by atoms with van der Waals surface area (Å²) in [4.78, 5) is 0. The van der Waals surface area contributed by atoms with Crippen molar-refractivity contribution < 1.29 is 5.11 Å². The fraction of sp³-hybridized carbons (Fsp3) is 0. The van der Waals surface area contributed by atoms with Crippen LogP contribution in [0.5, 0.6) is 5.75 Å². The standard InChI is InChI=1S/C14H10BrN3OS/c15-9-6-7-11(12(19)8-9)13-16-17-14(20)18(13)10-4-2-1-3-5-10/h1-8,19H,(H,17,20). The number of halogens is 1. The van der Waals surface area contributed by atoms with E-state index in [4.69, 9.17) is 12.2 Å². The third kappa shape index (κ3) is 2.28. The maximum absolute atomic E-state index is 10.1. The molecule has 0 spiro atoms. The Bertz CT molecular complexity index is 811. The number of hydrogen-bond acceptors (Lipinski definition) is 3. The van der Waals surface area contributed by atoms with Crippen molar-refractivity contribution in [1.29, 1.82) is 0 Å². The molecule has 0 saturated carbocycles. The van der Waals surface area contributed by atoms with Crippen molar-refractivity contribution in [2.45, 2.75) is 0 Å². The van der Waals surface area contributed by atoms with Gasteiger partial charge in [-0.25, -0.2) is 0 Å². The van der Waals surface area contributed by atoms with E-state index in [-0.39, 0.29) is 5.75 Å². The summed E-state index contributed by atoms with van der Waals surface area (Å²) < 4.78 is 3.07. The van der Waals surface area contributed by atoms with Crippen molar-refractivity contribution in [3.05, 3.63) is 57.8 Å². The zero-order valence-electron chi connectivity index (χ0n) is 10.2. The molecule has 2 N–H and O–H groups in total. The quantitative estimate of drug-likeness (QED) is 0.687. The smallest absolute Gasteiger partial charge is 0.200 e. The van der Waals surface area contributed by atoms with Crippen LogP contribution in [0.15, 0.2) is 53.0 Å². The maximum atomic E-state index is 10.1. The molecule has 0 aliphatic carbocycles. The van der Waals surface area contributed by atoms with E-state index in [0.29, 0.717) is 16.2 Å². The van der Waals surface area contributed by atoms with E-state index in [1.807, 2.05) is 36.4 Å². The lowest BCUT2D eigenvalue weighted by Crippen LogP contribution is -1.97. The second-order valence-corrected chi connectivity index (χ2v) is 5.49. The molecule has 20 heavy (non-hydrogen) atoms. The zero-order valence-corrected chi connectivity index (χ0v) is 12.6. The van der Waals surface area contributed by atoms with E-state index in [9.17, 15) is 5.11 Å². The molecule has 0 aliphatic rings. The van der Waals surface area contributed by atoms with Gasteiger partial charge in [-0.3, -0.25) is 9.67 Å². The Morgan fingerprint density at radius 2 is 1.90 bits per heavy atom. The van der Waals surface area contributed by atoms with Gasteiger partial charge in [-0.05, 0) is 42.5 Å². The summed E-state index contributed by atoms with van der Waals surface area (Å²) in [6.45, 7) is 0. The van der Waals surface area contributed by atoms with Gasteiger partial charge in [0.15, 0.2) is 10.6 Å². The highest BCUT2D eigenvalue weighted by atomic mass is 79.9. The second-order valence-electron chi connectivity index (χ2n) is 4.18. The highest BCUT2D eigenvalue weighted by Gasteiger charge is 2.14. The molecular weight excluding hydrogens is 338 g/mol. The normalized spacial score (nSPS) is 10.7. The number of para-hydroxylation sites is 1. The summed E-state index contributed by atoms with van der Waals surface area (Å²) in [7, 11) is 0. The van der Waals surface area contributed by atoms with Crippen LogP contribution in [0.3, 0.4) is 0 Å². The van der Waals surface area contributed by atoms with Crippen molar-refractivity contribution in [2.75, 3.05) is 0 Å². The number of phenols is 1. The first-order chi connectivity index (χ1) is 9.66. The first-order valence-electron chi connectivity index (χ1n) is 5.88. The lowest BCUT2D eigenvalue weighted by atomic mass is 10.2. The largest absolute Gasteiger partial charge is 0.507 e. The van der Waals surface area contributed by atoms with Gasteiger partial charge in [-0.15, -0.1) is 0 Å². The molecule has 3 rings (SSSR count). The number of benzene rings is 2. The molecule has 0 amide bonds. The third-order valence-electron chi connectivity index (χ3n) is 2.89. The molecule has 100 valence electrons. The van der Waals surface area contributed by atoms with E-state index < -0.39 is 0 Å². The van der Waals surface area contributed by atoms with Crippen molar-refractivity contribution in [2.24, 2.45) is 0 Å². The molecule has 0 fully saturated rings. The summed E-state index contributed by atoms with van der Waals surface area (Å²) in [5.41, 5.74) is 1.51. The van der Waals surface area contributed by atoms with E-state index in [1.54, 1.807) is 16.7 Å². The number of aromatic amines is 1. The van der Waals surface area contributed by atoms with Gasteiger partial charge in [0.2, 0.25) is 0 Å². The van der Waals surface area contributed by atoms with Crippen LogP contribution in [0.25, 0.3) is 17.1 Å². The average molecular weight is 348 g/mol. The number of H-pyrrole nitrogens is 1. The van der Waals surface area contributed by atoms with Crippen LogP contribution in [-0.2, 0) is 0 Å². The van der Waals surface area contributed by atoms with Gasteiger partial charge in [-0.2, -0.15) is 5.10 Å². The number of nitrogens with zero attached hydrogens (tertiary/aromatic N) is 2. The summed E-state index contributed by atoms with van der Waals surface area (Å²) >= 11 is 8.60. The van der Waals surface area contributed by atoms with Crippen molar-refractivity contribution in [3.63, 3.8) is 0 Å². The van der Waals surface area contributed by atoms with E-state index >= 15 is 0 Å². The molecule has 0 bridgehead atoms. The van der Waals surface area contributed by atoms with Gasteiger partial charge < -0.3 is 5.11 Å². The second kappa shape index (κ2) is 5.22. The Balaban J connectivity index is 2.24. The monoisotopic (exact) mass is 347 g/mol. The van der Waals surface area contributed by atoms with Crippen LogP contribution >= 0.6 is 28.1 Å².